The third kappa shape index (κ3) is 5.91. The lowest BCUT2D eigenvalue weighted by atomic mass is 10.0. The molecule has 1 aromatic heterocycles. The zero-order chi connectivity index (χ0) is 15.8. The lowest BCUT2D eigenvalue weighted by Gasteiger charge is -2.05. The van der Waals surface area contributed by atoms with Crippen molar-refractivity contribution in [3.63, 3.8) is 0 Å². The second-order valence-electron chi connectivity index (χ2n) is 5.21. The molecule has 2 aromatic rings. The molecular formula is C16H22N2OS3. The van der Waals surface area contributed by atoms with Crippen LogP contribution in [0.3, 0.4) is 0 Å². The van der Waals surface area contributed by atoms with E-state index in [1.807, 2.05) is 0 Å². The minimum atomic E-state index is 0.586. The summed E-state index contributed by atoms with van der Waals surface area (Å²) in [7, 11) is 1.73. The molecule has 2 rings (SSSR count). The van der Waals surface area contributed by atoms with E-state index in [-0.39, 0.29) is 0 Å². The number of rotatable bonds is 9. The second-order valence-corrected chi connectivity index (χ2v) is 8.76. The van der Waals surface area contributed by atoms with Crippen molar-refractivity contribution >= 4 is 34.9 Å². The van der Waals surface area contributed by atoms with Crippen molar-refractivity contribution in [1.82, 2.24) is 10.2 Å². The number of benzene rings is 1. The monoisotopic (exact) mass is 354 g/mol. The first-order chi connectivity index (χ1) is 10.7. The minimum Gasteiger partial charge on any atom is -0.385 e. The topological polar surface area (TPSA) is 35.0 Å². The summed E-state index contributed by atoms with van der Waals surface area (Å²) < 4.78 is 7.14. The van der Waals surface area contributed by atoms with Crippen LogP contribution >= 0.6 is 34.9 Å². The molecule has 0 spiro atoms. The maximum absolute atomic E-state index is 5.05. The number of methoxy groups -OCH3 is 1. The van der Waals surface area contributed by atoms with Gasteiger partial charge in [0, 0.05) is 25.2 Å². The molecule has 0 saturated heterocycles. The molecule has 6 heteroatoms. The molecular weight excluding hydrogens is 332 g/mol. The molecule has 0 aliphatic heterocycles. The minimum absolute atomic E-state index is 0.586. The molecule has 120 valence electrons. The van der Waals surface area contributed by atoms with Gasteiger partial charge in [0.15, 0.2) is 8.68 Å². The van der Waals surface area contributed by atoms with E-state index in [1.165, 1.54) is 11.1 Å². The van der Waals surface area contributed by atoms with E-state index in [1.54, 1.807) is 42.0 Å². The van der Waals surface area contributed by atoms with Crippen molar-refractivity contribution in [1.29, 1.82) is 0 Å². The number of aromatic nitrogens is 2. The molecule has 0 bridgehead atoms. The summed E-state index contributed by atoms with van der Waals surface area (Å²) in [5.74, 6) is 2.56. The first kappa shape index (κ1) is 17.8. The molecule has 0 unspecified atom stereocenters. The van der Waals surface area contributed by atoms with E-state index < -0.39 is 0 Å². The van der Waals surface area contributed by atoms with Crippen LogP contribution in [0.5, 0.6) is 0 Å². The number of hydrogen-bond acceptors (Lipinski definition) is 6. The molecule has 0 fully saturated rings. The van der Waals surface area contributed by atoms with Crippen molar-refractivity contribution in [2.45, 2.75) is 40.6 Å². The van der Waals surface area contributed by atoms with Crippen LogP contribution < -0.4 is 0 Å². The molecule has 3 nitrogen and oxygen atoms in total. The van der Waals surface area contributed by atoms with Gasteiger partial charge in [-0.25, -0.2) is 0 Å². The molecule has 0 aliphatic carbocycles. The summed E-state index contributed by atoms with van der Waals surface area (Å²) in [6, 6.07) is 8.86. The Morgan fingerprint density at radius 3 is 2.41 bits per heavy atom. The highest BCUT2D eigenvalue weighted by molar-refractivity contribution is 8.02. The number of thioether (sulfide) groups is 2. The van der Waals surface area contributed by atoms with E-state index in [9.17, 15) is 0 Å². The fraction of sp³-hybridized carbons (Fsp3) is 0.500. The second kappa shape index (κ2) is 9.55. The van der Waals surface area contributed by atoms with Gasteiger partial charge in [-0.2, -0.15) is 0 Å². The highest BCUT2D eigenvalue weighted by Gasteiger charge is 2.06. The SMILES string of the molecule is COCCCSc1nnc(SCc2ccc(C(C)C)cc2)s1. The predicted molar refractivity (Wildman–Crippen MR) is 97.2 cm³/mol. The molecule has 22 heavy (non-hydrogen) atoms. The van der Waals surface area contributed by atoms with Crippen LogP contribution in [0.15, 0.2) is 32.9 Å². The van der Waals surface area contributed by atoms with Gasteiger partial charge in [-0.1, -0.05) is 73.0 Å². The van der Waals surface area contributed by atoms with Gasteiger partial charge in [-0.05, 0) is 23.5 Å². The van der Waals surface area contributed by atoms with Gasteiger partial charge in [-0.15, -0.1) is 10.2 Å². The molecule has 0 aliphatic rings. The third-order valence-corrected chi connectivity index (χ3v) is 6.46. The van der Waals surface area contributed by atoms with Crippen LogP contribution in [0.2, 0.25) is 0 Å². The molecule has 1 aromatic carbocycles. The van der Waals surface area contributed by atoms with Crippen molar-refractivity contribution in [2.75, 3.05) is 19.5 Å². The van der Waals surface area contributed by atoms with Gasteiger partial charge in [0.05, 0.1) is 0 Å². The molecule has 0 N–H and O–H groups in total. The Hall–Kier alpha value is -0.560. The highest BCUT2D eigenvalue weighted by atomic mass is 32.2. The third-order valence-electron chi connectivity index (χ3n) is 3.11. The molecule has 1 heterocycles. The summed E-state index contributed by atoms with van der Waals surface area (Å²) in [5, 5.41) is 8.49. The Labute approximate surface area is 145 Å². The quantitative estimate of drug-likeness (QED) is 0.463. The molecule has 0 radical (unpaired) electrons. The first-order valence-corrected chi connectivity index (χ1v) is 10.1. The summed E-state index contributed by atoms with van der Waals surface area (Å²) in [6.45, 7) is 5.24. The summed E-state index contributed by atoms with van der Waals surface area (Å²) in [5.41, 5.74) is 2.72. The smallest absolute Gasteiger partial charge is 0.175 e. The van der Waals surface area contributed by atoms with Gasteiger partial charge in [0.2, 0.25) is 0 Å². The Morgan fingerprint density at radius 2 is 1.77 bits per heavy atom. The largest absolute Gasteiger partial charge is 0.385 e. The Kier molecular flexibility index (Phi) is 7.72. The molecule has 0 saturated carbocycles. The Balaban J connectivity index is 1.78. The van der Waals surface area contributed by atoms with Crippen molar-refractivity contribution in [2.24, 2.45) is 0 Å². The summed E-state index contributed by atoms with van der Waals surface area (Å²) in [6.07, 6.45) is 1.05. The normalized spacial score (nSPS) is 11.3. The van der Waals surface area contributed by atoms with Crippen LogP contribution in [0.25, 0.3) is 0 Å². The lowest BCUT2D eigenvalue weighted by molar-refractivity contribution is 0.200. The Bertz CT molecular complexity index is 555. The van der Waals surface area contributed by atoms with Crippen molar-refractivity contribution in [3.8, 4) is 0 Å². The lowest BCUT2D eigenvalue weighted by Crippen LogP contribution is -1.89. The zero-order valence-electron chi connectivity index (χ0n) is 13.2. The van der Waals surface area contributed by atoms with Crippen molar-refractivity contribution in [3.05, 3.63) is 35.4 Å². The number of hydrogen-bond donors (Lipinski definition) is 0. The van der Waals surface area contributed by atoms with Gasteiger partial charge >= 0.3 is 0 Å². The van der Waals surface area contributed by atoms with Crippen LogP contribution in [0.4, 0.5) is 0 Å². The van der Waals surface area contributed by atoms with E-state index in [2.05, 4.69) is 48.3 Å². The molecule has 0 amide bonds. The van der Waals surface area contributed by atoms with Crippen LogP contribution in [0.1, 0.15) is 37.3 Å². The highest BCUT2D eigenvalue weighted by Crippen LogP contribution is 2.31. The maximum atomic E-state index is 5.05. The maximum Gasteiger partial charge on any atom is 0.175 e. The van der Waals surface area contributed by atoms with Crippen LogP contribution in [-0.2, 0) is 10.5 Å². The fourth-order valence-corrected chi connectivity index (χ4v) is 4.78. The van der Waals surface area contributed by atoms with E-state index in [0.29, 0.717) is 5.92 Å². The zero-order valence-corrected chi connectivity index (χ0v) is 15.7. The first-order valence-electron chi connectivity index (χ1n) is 7.36. The van der Waals surface area contributed by atoms with E-state index in [4.69, 9.17) is 4.74 Å². The van der Waals surface area contributed by atoms with Crippen LogP contribution in [-0.4, -0.2) is 29.7 Å². The van der Waals surface area contributed by atoms with E-state index >= 15 is 0 Å². The van der Waals surface area contributed by atoms with Gasteiger partial charge in [-0.3, -0.25) is 0 Å². The average Bonchev–Trinajstić information content (AvgIpc) is 2.98. The fourth-order valence-electron chi connectivity index (χ4n) is 1.82. The average molecular weight is 355 g/mol. The van der Waals surface area contributed by atoms with Gasteiger partial charge in [0.25, 0.3) is 0 Å². The van der Waals surface area contributed by atoms with Crippen LogP contribution in [0, 0.1) is 0 Å². The number of ether oxygens (including phenoxy) is 1. The predicted octanol–water partition coefficient (Wildman–Crippen LogP) is 5.08. The van der Waals surface area contributed by atoms with Gasteiger partial charge < -0.3 is 4.74 Å². The van der Waals surface area contributed by atoms with Gasteiger partial charge in [0.1, 0.15) is 0 Å². The standard InChI is InChI=1S/C16H22N2OS3/c1-12(2)14-7-5-13(6-8-14)11-21-16-18-17-15(22-16)20-10-4-9-19-3/h5-8,12H,4,9-11H2,1-3H3. The number of nitrogens with zero attached hydrogens (tertiary/aromatic N) is 2. The Morgan fingerprint density at radius 1 is 1.09 bits per heavy atom. The molecule has 0 atom stereocenters. The van der Waals surface area contributed by atoms with E-state index in [0.717, 1.165) is 33.2 Å². The summed E-state index contributed by atoms with van der Waals surface area (Å²) >= 11 is 5.20. The summed E-state index contributed by atoms with van der Waals surface area (Å²) in [4.78, 5) is 0. The van der Waals surface area contributed by atoms with Crippen molar-refractivity contribution < 1.29 is 4.74 Å².